The summed E-state index contributed by atoms with van der Waals surface area (Å²) >= 11 is 0. The number of pyridine rings is 1. The van der Waals surface area contributed by atoms with Crippen molar-refractivity contribution in [2.75, 3.05) is 18.0 Å². The minimum absolute atomic E-state index is 0.624. The molecule has 0 atom stereocenters. The summed E-state index contributed by atoms with van der Waals surface area (Å²) in [4.78, 5) is 6.36. The van der Waals surface area contributed by atoms with Crippen LogP contribution in [0.5, 0.6) is 0 Å². The van der Waals surface area contributed by atoms with Gasteiger partial charge >= 0.3 is 0 Å². The van der Waals surface area contributed by atoms with Gasteiger partial charge in [-0.25, -0.2) is 0 Å². The number of nitrogens with zero attached hydrogens (tertiary/aromatic N) is 3. The normalized spacial score (nSPS) is 9.47. The predicted molar refractivity (Wildman–Crippen MR) is 71.0 cm³/mol. The molecule has 3 heteroatoms. The Morgan fingerprint density at radius 2 is 1.94 bits per heavy atom. The molecule has 0 spiro atoms. The van der Waals surface area contributed by atoms with Crippen LogP contribution >= 0.6 is 0 Å². The Morgan fingerprint density at radius 1 is 1.35 bits per heavy atom. The van der Waals surface area contributed by atoms with Crippen LogP contribution in [-0.4, -0.2) is 18.1 Å². The molecule has 0 saturated carbocycles. The van der Waals surface area contributed by atoms with E-state index in [1.807, 2.05) is 32.1 Å². The van der Waals surface area contributed by atoms with Crippen molar-refractivity contribution in [3.05, 3.63) is 48.3 Å². The molecule has 0 saturated heterocycles. The quantitative estimate of drug-likeness (QED) is 0.726. The Labute approximate surface area is 103 Å². The standard InChI is InChI=1S/C14H17N3/c1-5-7-17(8-6-2)14-9-11(3)16-12(4)13(14)10-15/h5-6,9H,1-2,7-8H2,3-4H3. The molecule has 3 nitrogen and oxygen atoms in total. The summed E-state index contributed by atoms with van der Waals surface area (Å²) in [6, 6.07) is 4.14. The van der Waals surface area contributed by atoms with Gasteiger partial charge in [0.05, 0.1) is 16.9 Å². The van der Waals surface area contributed by atoms with E-state index in [-0.39, 0.29) is 0 Å². The smallest absolute Gasteiger partial charge is 0.103 e. The van der Waals surface area contributed by atoms with Gasteiger partial charge in [0.1, 0.15) is 6.07 Å². The first-order chi connectivity index (χ1) is 8.13. The molecule has 0 bridgehead atoms. The molecule has 0 aliphatic heterocycles. The van der Waals surface area contributed by atoms with E-state index >= 15 is 0 Å². The van der Waals surface area contributed by atoms with Crippen LogP contribution in [0.1, 0.15) is 17.0 Å². The van der Waals surface area contributed by atoms with Crippen molar-refractivity contribution in [3.8, 4) is 6.07 Å². The van der Waals surface area contributed by atoms with E-state index in [0.29, 0.717) is 18.7 Å². The van der Waals surface area contributed by atoms with Crippen LogP contribution in [0.25, 0.3) is 0 Å². The Bertz CT molecular complexity index is 459. The zero-order chi connectivity index (χ0) is 12.8. The molecule has 0 aromatic carbocycles. The fraction of sp³-hybridized carbons (Fsp3) is 0.286. The molecule has 0 unspecified atom stereocenters. The van der Waals surface area contributed by atoms with E-state index in [9.17, 15) is 5.26 Å². The van der Waals surface area contributed by atoms with Crippen molar-refractivity contribution in [2.24, 2.45) is 0 Å². The average Bonchev–Trinajstić information content (AvgIpc) is 2.28. The number of rotatable bonds is 5. The molecule has 0 radical (unpaired) electrons. The lowest BCUT2D eigenvalue weighted by Gasteiger charge is -2.23. The molecular weight excluding hydrogens is 210 g/mol. The van der Waals surface area contributed by atoms with Crippen molar-refractivity contribution in [1.29, 1.82) is 5.26 Å². The lowest BCUT2D eigenvalue weighted by Crippen LogP contribution is -2.24. The van der Waals surface area contributed by atoms with Crippen LogP contribution in [-0.2, 0) is 0 Å². The monoisotopic (exact) mass is 227 g/mol. The molecule has 0 aliphatic rings. The summed E-state index contributed by atoms with van der Waals surface area (Å²) in [5, 5.41) is 9.21. The van der Waals surface area contributed by atoms with Crippen molar-refractivity contribution in [2.45, 2.75) is 13.8 Å². The SMILES string of the molecule is C=CCN(CC=C)c1cc(C)nc(C)c1C#N. The van der Waals surface area contributed by atoms with Gasteiger partial charge in [-0.05, 0) is 19.9 Å². The molecular formula is C14H17N3. The molecule has 0 aliphatic carbocycles. The van der Waals surface area contributed by atoms with Crippen molar-refractivity contribution in [3.63, 3.8) is 0 Å². The van der Waals surface area contributed by atoms with Gasteiger partial charge in [0.25, 0.3) is 0 Å². The van der Waals surface area contributed by atoms with E-state index in [2.05, 4.69) is 29.1 Å². The summed E-state index contributed by atoms with van der Waals surface area (Å²) in [6.07, 6.45) is 3.63. The second-order valence-corrected chi connectivity index (χ2v) is 3.84. The minimum Gasteiger partial charge on any atom is -0.363 e. The molecule has 1 rings (SSSR count). The number of anilines is 1. The maximum atomic E-state index is 9.21. The van der Waals surface area contributed by atoms with Gasteiger partial charge in [0, 0.05) is 18.8 Å². The molecule has 0 N–H and O–H groups in total. The molecule has 0 fully saturated rings. The highest BCUT2D eigenvalue weighted by Gasteiger charge is 2.12. The highest BCUT2D eigenvalue weighted by molar-refractivity contribution is 5.62. The zero-order valence-corrected chi connectivity index (χ0v) is 10.4. The number of nitriles is 1. The van der Waals surface area contributed by atoms with Crippen LogP contribution in [0.3, 0.4) is 0 Å². The number of hydrogen-bond donors (Lipinski definition) is 0. The van der Waals surface area contributed by atoms with Crippen molar-refractivity contribution < 1.29 is 0 Å². The van der Waals surface area contributed by atoms with Gasteiger partial charge in [0.15, 0.2) is 0 Å². The third kappa shape index (κ3) is 2.94. The minimum atomic E-state index is 0.624. The number of aryl methyl sites for hydroxylation is 2. The molecule has 1 aromatic rings. The van der Waals surface area contributed by atoms with Crippen LogP contribution < -0.4 is 4.90 Å². The van der Waals surface area contributed by atoms with E-state index in [1.54, 1.807) is 0 Å². The summed E-state index contributed by atoms with van der Waals surface area (Å²) in [6.45, 7) is 12.6. The Hall–Kier alpha value is -2.08. The largest absolute Gasteiger partial charge is 0.363 e. The highest BCUT2D eigenvalue weighted by Crippen LogP contribution is 2.23. The molecule has 1 heterocycles. The summed E-state index contributed by atoms with van der Waals surface area (Å²) in [7, 11) is 0. The fourth-order valence-electron chi connectivity index (χ4n) is 1.78. The number of aromatic nitrogens is 1. The summed E-state index contributed by atoms with van der Waals surface area (Å²) in [5.41, 5.74) is 3.20. The van der Waals surface area contributed by atoms with Gasteiger partial charge < -0.3 is 4.90 Å². The van der Waals surface area contributed by atoms with Gasteiger partial charge in [-0.2, -0.15) is 5.26 Å². The van der Waals surface area contributed by atoms with E-state index < -0.39 is 0 Å². The third-order valence-electron chi connectivity index (χ3n) is 2.46. The maximum absolute atomic E-state index is 9.21. The van der Waals surface area contributed by atoms with Crippen LogP contribution in [0, 0.1) is 25.2 Å². The van der Waals surface area contributed by atoms with Crippen LogP contribution in [0.2, 0.25) is 0 Å². The molecule has 17 heavy (non-hydrogen) atoms. The summed E-state index contributed by atoms with van der Waals surface area (Å²) < 4.78 is 0. The van der Waals surface area contributed by atoms with E-state index in [0.717, 1.165) is 17.1 Å². The Balaban J connectivity index is 3.30. The first-order valence-corrected chi connectivity index (χ1v) is 5.49. The lowest BCUT2D eigenvalue weighted by molar-refractivity contribution is 0.940. The number of hydrogen-bond acceptors (Lipinski definition) is 3. The van der Waals surface area contributed by atoms with Gasteiger partial charge in [-0.15, -0.1) is 13.2 Å². The second kappa shape index (κ2) is 5.86. The van der Waals surface area contributed by atoms with Crippen molar-refractivity contribution in [1.82, 2.24) is 4.98 Å². The average molecular weight is 227 g/mol. The lowest BCUT2D eigenvalue weighted by atomic mass is 10.1. The van der Waals surface area contributed by atoms with Gasteiger partial charge in [-0.1, -0.05) is 12.2 Å². The topological polar surface area (TPSA) is 39.9 Å². The van der Waals surface area contributed by atoms with Crippen LogP contribution in [0.4, 0.5) is 5.69 Å². The Kier molecular flexibility index (Phi) is 4.47. The predicted octanol–water partition coefficient (Wildman–Crippen LogP) is 2.75. The van der Waals surface area contributed by atoms with Crippen molar-refractivity contribution >= 4 is 5.69 Å². The van der Waals surface area contributed by atoms with Gasteiger partial charge in [0.2, 0.25) is 0 Å². The highest BCUT2D eigenvalue weighted by atomic mass is 15.1. The second-order valence-electron chi connectivity index (χ2n) is 3.84. The first-order valence-electron chi connectivity index (χ1n) is 5.49. The third-order valence-corrected chi connectivity index (χ3v) is 2.46. The van der Waals surface area contributed by atoms with Gasteiger partial charge in [-0.3, -0.25) is 4.98 Å². The van der Waals surface area contributed by atoms with Crippen LogP contribution in [0.15, 0.2) is 31.4 Å². The van der Waals surface area contributed by atoms with E-state index in [1.165, 1.54) is 0 Å². The van der Waals surface area contributed by atoms with E-state index in [4.69, 9.17) is 0 Å². The first kappa shape index (κ1) is 13.0. The molecule has 0 amide bonds. The maximum Gasteiger partial charge on any atom is 0.103 e. The summed E-state index contributed by atoms with van der Waals surface area (Å²) in [5.74, 6) is 0. The fourth-order valence-corrected chi connectivity index (χ4v) is 1.78. The molecule has 88 valence electrons. The Morgan fingerprint density at radius 3 is 2.41 bits per heavy atom. The zero-order valence-electron chi connectivity index (χ0n) is 10.4. The molecule has 1 aromatic heterocycles.